The van der Waals surface area contributed by atoms with Crippen LogP contribution in [0.4, 0.5) is 0 Å². The largest absolute Gasteiger partial charge is 0.346 e. The van der Waals surface area contributed by atoms with Gasteiger partial charge in [0.05, 0.1) is 6.33 Å². The average molecular weight is 331 g/mol. The number of halogens is 2. The van der Waals surface area contributed by atoms with Crippen molar-refractivity contribution in [1.29, 1.82) is 0 Å². The van der Waals surface area contributed by atoms with E-state index in [0.29, 0.717) is 12.1 Å². The van der Waals surface area contributed by atoms with Crippen LogP contribution in [0.2, 0.25) is 0 Å². The summed E-state index contributed by atoms with van der Waals surface area (Å²) in [4.78, 5) is 16.0. The van der Waals surface area contributed by atoms with E-state index < -0.39 is 5.54 Å². The molecule has 0 spiro atoms. The molecule has 2 aromatic rings. The molecule has 3 N–H and O–H groups in total. The monoisotopic (exact) mass is 330 g/mol. The summed E-state index contributed by atoms with van der Waals surface area (Å²) in [6.45, 7) is 4.18. The number of benzene rings is 1. The fraction of sp³-hybridized carbons (Fsp3) is 0.286. The van der Waals surface area contributed by atoms with E-state index in [9.17, 15) is 4.79 Å². The zero-order valence-electron chi connectivity index (χ0n) is 11.9. The molecule has 0 aliphatic rings. The molecule has 0 aliphatic heterocycles. The summed E-state index contributed by atoms with van der Waals surface area (Å²) in [7, 11) is 0. The van der Waals surface area contributed by atoms with Crippen LogP contribution in [0.3, 0.4) is 0 Å². The van der Waals surface area contributed by atoms with Gasteiger partial charge in [0.2, 0.25) is 0 Å². The van der Waals surface area contributed by atoms with Crippen molar-refractivity contribution in [3.05, 3.63) is 48.5 Å². The molecule has 0 saturated heterocycles. The first-order valence-corrected chi connectivity index (χ1v) is 6.13. The van der Waals surface area contributed by atoms with E-state index in [-0.39, 0.29) is 30.7 Å². The number of carbonyl (C=O) groups excluding carboxylic acids is 1. The molecule has 0 bridgehead atoms. The van der Waals surface area contributed by atoms with Crippen LogP contribution in [0.5, 0.6) is 0 Å². The predicted octanol–water partition coefficient (Wildman–Crippen LogP) is 2.18. The maximum atomic E-state index is 12.0. The van der Waals surface area contributed by atoms with E-state index in [4.69, 9.17) is 5.73 Å². The Labute approximate surface area is 136 Å². The lowest BCUT2D eigenvalue weighted by Gasteiger charge is -2.24. The van der Waals surface area contributed by atoms with Crippen molar-refractivity contribution in [2.45, 2.75) is 19.4 Å². The lowest BCUT2D eigenvalue weighted by molar-refractivity contribution is 0.0916. The van der Waals surface area contributed by atoms with Gasteiger partial charge in [-0.15, -0.1) is 24.8 Å². The number of aromatic nitrogens is 2. The molecule has 2 rings (SSSR count). The predicted molar refractivity (Wildman–Crippen MR) is 88.7 cm³/mol. The van der Waals surface area contributed by atoms with Crippen molar-refractivity contribution in [3.8, 4) is 5.69 Å². The van der Waals surface area contributed by atoms with Gasteiger partial charge in [-0.25, -0.2) is 4.98 Å². The van der Waals surface area contributed by atoms with Gasteiger partial charge in [-0.2, -0.15) is 0 Å². The number of nitrogens with zero attached hydrogens (tertiary/aromatic N) is 2. The molecule has 0 fully saturated rings. The lowest BCUT2D eigenvalue weighted by atomic mass is 10.1. The number of nitrogens with one attached hydrogen (secondary N) is 1. The van der Waals surface area contributed by atoms with Gasteiger partial charge in [0.25, 0.3) is 5.91 Å². The van der Waals surface area contributed by atoms with Crippen molar-refractivity contribution in [3.63, 3.8) is 0 Å². The first kappa shape index (κ1) is 19.4. The number of nitrogens with two attached hydrogens (primary N) is 1. The third-order valence-corrected chi connectivity index (χ3v) is 2.89. The Bertz CT molecular complexity index is 553. The quantitative estimate of drug-likeness (QED) is 0.902. The van der Waals surface area contributed by atoms with Gasteiger partial charge >= 0.3 is 0 Å². The van der Waals surface area contributed by atoms with Crippen molar-refractivity contribution in [1.82, 2.24) is 14.9 Å². The standard InChI is InChI=1S/C14H18N4O.2ClH/c1-14(2,9-15)17-13(19)11-3-5-12(6-4-11)18-8-7-16-10-18;;/h3-8,10H,9,15H2,1-2H3,(H,17,19);2*1H. The molecule has 1 heterocycles. The molecule has 0 aliphatic carbocycles. The van der Waals surface area contributed by atoms with E-state index >= 15 is 0 Å². The minimum atomic E-state index is -0.403. The molecule has 7 heteroatoms. The minimum absolute atomic E-state index is 0. The van der Waals surface area contributed by atoms with E-state index in [2.05, 4.69) is 10.3 Å². The molecule has 1 aromatic carbocycles. The molecule has 5 nitrogen and oxygen atoms in total. The fourth-order valence-corrected chi connectivity index (χ4v) is 1.63. The summed E-state index contributed by atoms with van der Waals surface area (Å²) in [5.74, 6) is -0.118. The molecule has 0 radical (unpaired) electrons. The molecule has 0 atom stereocenters. The van der Waals surface area contributed by atoms with Gasteiger partial charge in [-0.3, -0.25) is 4.79 Å². The Kier molecular flexibility index (Phi) is 7.43. The number of amides is 1. The summed E-state index contributed by atoms with van der Waals surface area (Å²) in [5, 5.41) is 2.89. The second-order valence-electron chi connectivity index (χ2n) is 5.06. The minimum Gasteiger partial charge on any atom is -0.346 e. The van der Waals surface area contributed by atoms with Crippen molar-refractivity contribution in [2.24, 2.45) is 5.73 Å². The first-order chi connectivity index (χ1) is 9.02. The van der Waals surface area contributed by atoms with Crippen LogP contribution in [0, 0.1) is 0 Å². The topological polar surface area (TPSA) is 72.9 Å². The van der Waals surface area contributed by atoms with Crippen LogP contribution in [-0.4, -0.2) is 27.5 Å². The van der Waals surface area contributed by atoms with Gasteiger partial charge in [0, 0.05) is 35.7 Å². The Morgan fingerprint density at radius 2 is 1.90 bits per heavy atom. The number of rotatable bonds is 4. The fourth-order valence-electron chi connectivity index (χ4n) is 1.63. The number of carbonyl (C=O) groups is 1. The van der Waals surface area contributed by atoms with Gasteiger partial charge in [0.15, 0.2) is 0 Å². The normalized spacial score (nSPS) is 10.2. The number of hydrogen-bond acceptors (Lipinski definition) is 3. The molecular formula is C14H20Cl2N4O. The maximum absolute atomic E-state index is 12.0. The van der Waals surface area contributed by atoms with Crippen molar-refractivity contribution >= 4 is 30.7 Å². The number of hydrogen-bond donors (Lipinski definition) is 2. The summed E-state index contributed by atoms with van der Waals surface area (Å²) in [6, 6.07) is 7.34. The number of imidazole rings is 1. The Hall–Kier alpha value is -1.56. The van der Waals surface area contributed by atoms with Crippen LogP contribution in [0.15, 0.2) is 43.0 Å². The highest BCUT2D eigenvalue weighted by molar-refractivity contribution is 5.94. The van der Waals surface area contributed by atoms with Crippen LogP contribution < -0.4 is 11.1 Å². The van der Waals surface area contributed by atoms with Gasteiger partial charge in [0.1, 0.15) is 0 Å². The summed E-state index contributed by atoms with van der Waals surface area (Å²) in [5.41, 5.74) is 6.77. The molecule has 116 valence electrons. The molecule has 1 amide bonds. The van der Waals surface area contributed by atoms with Crippen LogP contribution >= 0.6 is 24.8 Å². The van der Waals surface area contributed by atoms with Crippen molar-refractivity contribution in [2.75, 3.05) is 6.54 Å². The first-order valence-electron chi connectivity index (χ1n) is 6.13. The SMILES string of the molecule is CC(C)(CN)NC(=O)c1ccc(-n2ccnc2)cc1.Cl.Cl. The van der Waals surface area contributed by atoms with Crippen LogP contribution in [-0.2, 0) is 0 Å². The zero-order chi connectivity index (χ0) is 13.9. The highest BCUT2D eigenvalue weighted by atomic mass is 35.5. The Morgan fingerprint density at radius 3 is 2.38 bits per heavy atom. The second-order valence-corrected chi connectivity index (χ2v) is 5.06. The van der Waals surface area contributed by atoms with E-state index in [1.165, 1.54) is 0 Å². The molecule has 21 heavy (non-hydrogen) atoms. The summed E-state index contributed by atoms with van der Waals surface area (Å²) >= 11 is 0. The van der Waals surface area contributed by atoms with Gasteiger partial charge in [-0.05, 0) is 38.1 Å². The molecular weight excluding hydrogens is 311 g/mol. The summed E-state index contributed by atoms with van der Waals surface area (Å²) in [6.07, 6.45) is 5.28. The lowest BCUT2D eigenvalue weighted by Crippen LogP contribution is -2.48. The van der Waals surface area contributed by atoms with E-state index in [1.54, 1.807) is 24.7 Å². The van der Waals surface area contributed by atoms with Gasteiger partial charge in [-0.1, -0.05) is 0 Å². The third kappa shape index (κ3) is 5.04. The van der Waals surface area contributed by atoms with Crippen molar-refractivity contribution < 1.29 is 4.79 Å². The second kappa shape index (κ2) is 8.02. The highest BCUT2D eigenvalue weighted by Gasteiger charge is 2.18. The zero-order valence-corrected chi connectivity index (χ0v) is 13.6. The Morgan fingerprint density at radius 1 is 1.29 bits per heavy atom. The summed E-state index contributed by atoms with van der Waals surface area (Å²) < 4.78 is 1.88. The van der Waals surface area contributed by atoms with Gasteiger partial charge < -0.3 is 15.6 Å². The average Bonchev–Trinajstić information content (AvgIpc) is 2.92. The third-order valence-electron chi connectivity index (χ3n) is 2.89. The van der Waals surface area contributed by atoms with E-state index in [0.717, 1.165) is 5.69 Å². The highest BCUT2D eigenvalue weighted by Crippen LogP contribution is 2.10. The maximum Gasteiger partial charge on any atom is 0.251 e. The molecule has 0 saturated carbocycles. The van der Waals surface area contributed by atoms with E-state index in [1.807, 2.05) is 36.7 Å². The molecule has 1 aromatic heterocycles. The Balaban J connectivity index is 0.00000200. The molecule has 0 unspecified atom stereocenters. The van der Waals surface area contributed by atoms with Crippen LogP contribution in [0.1, 0.15) is 24.2 Å². The smallest absolute Gasteiger partial charge is 0.251 e. The van der Waals surface area contributed by atoms with Crippen LogP contribution in [0.25, 0.3) is 5.69 Å².